The van der Waals surface area contributed by atoms with Crippen molar-refractivity contribution < 1.29 is 0 Å². The van der Waals surface area contributed by atoms with Crippen LogP contribution in [-0.4, -0.2) is 9.97 Å². The van der Waals surface area contributed by atoms with E-state index in [1.165, 1.54) is 6.07 Å². The minimum atomic E-state index is -0.112. The molecular formula is C13H13ClN2O. The van der Waals surface area contributed by atoms with Gasteiger partial charge in [-0.3, -0.25) is 4.79 Å². The molecule has 2 rings (SSSR count). The predicted octanol–water partition coefficient (Wildman–Crippen LogP) is 2.58. The van der Waals surface area contributed by atoms with Gasteiger partial charge in [0, 0.05) is 23.2 Å². The summed E-state index contributed by atoms with van der Waals surface area (Å²) in [6, 6.07) is 9.09. The highest BCUT2D eigenvalue weighted by molar-refractivity contribution is 6.31. The average Bonchev–Trinajstić information content (AvgIpc) is 2.31. The lowest BCUT2D eigenvalue weighted by atomic mass is 10.1. The van der Waals surface area contributed by atoms with Crippen LogP contribution < -0.4 is 5.56 Å². The fourth-order valence-electron chi connectivity index (χ4n) is 1.65. The lowest BCUT2D eigenvalue weighted by molar-refractivity contribution is 0.888. The SMILES string of the molecule is CCc1cc(=O)[nH]c(Cc2ccccc2Cl)n1. The third-order valence-corrected chi connectivity index (χ3v) is 2.89. The summed E-state index contributed by atoms with van der Waals surface area (Å²) in [5.74, 6) is 0.655. The molecule has 0 saturated carbocycles. The van der Waals surface area contributed by atoms with Crippen LogP contribution >= 0.6 is 11.6 Å². The summed E-state index contributed by atoms with van der Waals surface area (Å²) in [6.45, 7) is 1.97. The Labute approximate surface area is 104 Å². The molecule has 0 saturated heterocycles. The van der Waals surface area contributed by atoms with E-state index in [2.05, 4.69) is 9.97 Å². The van der Waals surface area contributed by atoms with Crippen molar-refractivity contribution in [1.29, 1.82) is 0 Å². The molecule has 0 fully saturated rings. The highest BCUT2D eigenvalue weighted by Gasteiger charge is 2.04. The Morgan fingerprint density at radius 2 is 2.12 bits per heavy atom. The Hall–Kier alpha value is -1.61. The van der Waals surface area contributed by atoms with E-state index in [1.807, 2.05) is 31.2 Å². The number of rotatable bonds is 3. The molecule has 1 aromatic heterocycles. The molecule has 2 aromatic rings. The summed E-state index contributed by atoms with van der Waals surface area (Å²) < 4.78 is 0. The molecule has 4 heteroatoms. The summed E-state index contributed by atoms with van der Waals surface area (Å²) in [6.07, 6.45) is 1.29. The van der Waals surface area contributed by atoms with E-state index in [1.54, 1.807) is 0 Å². The van der Waals surface area contributed by atoms with Gasteiger partial charge in [-0.05, 0) is 18.1 Å². The molecular weight excluding hydrogens is 236 g/mol. The molecule has 3 nitrogen and oxygen atoms in total. The standard InChI is InChI=1S/C13H13ClN2O/c1-2-10-8-13(17)16-12(15-10)7-9-5-3-4-6-11(9)14/h3-6,8H,2,7H2,1H3,(H,15,16,17). The van der Waals surface area contributed by atoms with Gasteiger partial charge in [-0.25, -0.2) is 4.98 Å². The van der Waals surface area contributed by atoms with E-state index in [-0.39, 0.29) is 5.56 Å². The van der Waals surface area contributed by atoms with Gasteiger partial charge < -0.3 is 4.98 Å². The van der Waals surface area contributed by atoms with Crippen LogP contribution in [0.4, 0.5) is 0 Å². The zero-order valence-electron chi connectivity index (χ0n) is 9.53. The minimum absolute atomic E-state index is 0.112. The van der Waals surface area contributed by atoms with Gasteiger partial charge in [-0.1, -0.05) is 36.7 Å². The Kier molecular flexibility index (Phi) is 3.59. The smallest absolute Gasteiger partial charge is 0.251 e. The number of benzene rings is 1. The number of H-pyrrole nitrogens is 1. The van der Waals surface area contributed by atoms with Gasteiger partial charge in [-0.2, -0.15) is 0 Å². The van der Waals surface area contributed by atoms with Crippen LogP contribution in [0.25, 0.3) is 0 Å². The fraction of sp³-hybridized carbons (Fsp3) is 0.231. The van der Waals surface area contributed by atoms with E-state index in [4.69, 9.17) is 11.6 Å². The number of hydrogen-bond donors (Lipinski definition) is 1. The lowest BCUT2D eigenvalue weighted by Gasteiger charge is -2.04. The molecule has 0 aliphatic carbocycles. The van der Waals surface area contributed by atoms with E-state index in [9.17, 15) is 4.79 Å². The molecule has 17 heavy (non-hydrogen) atoms. The Bertz CT molecular complexity index is 578. The summed E-state index contributed by atoms with van der Waals surface area (Å²) in [5, 5.41) is 0.692. The summed E-state index contributed by atoms with van der Waals surface area (Å²) >= 11 is 6.07. The molecule has 0 atom stereocenters. The zero-order valence-corrected chi connectivity index (χ0v) is 10.3. The van der Waals surface area contributed by atoms with Crippen LogP contribution in [-0.2, 0) is 12.8 Å². The number of nitrogens with zero attached hydrogens (tertiary/aromatic N) is 1. The van der Waals surface area contributed by atoms with Crippen LogP contribution in [0.3, 0.4) is 0 Å². The van der Waals surface area contributed by atoms with Crippen molar-refractivity contribution in [3.05, 3.63) is 62.8 Å². The molecule has 1 aromatic carbocycles. The number of aromatic nitrogens is 2. The third kappa shape index (κ3) is 2.94. The zero-order chi connectivity index (χ0) is 12.3. The monoisotopic (exact) mass is 248 g/mol. The van der Waals surface area contributed by atoms with E-state index < -0.39 is 0 Å². The number of nitrogens with one attached hydrogen (secondary N) is 1. The number of hydrogen-bond acceptors (Lipinski definition) is 2. The van der Waals surface area contributed by atoms with Crippen molar-refractivity contribution in [2.24, 2.45) is 0 Å². The Morgan fingerprint density at radius 3 is 2.82 bits per heavy atom. The van der Waals surface area contributed by atoms with Crippen molar-refractivity contribution in [3.63, 3.8) is 0 Å². The van der Waals surface area contributed by atoms with E-state index in [0.717, 1.165) is 17.7 Å². The van der Waals surface area contributed by atoms with Gasteiger partial charge in [0.15, 0.2) is 0 Å². The maximum atomic E-state index is 11.4. The molecule has 0 radical (unpaired) electrons. The quantitative estimate of drug-likeness (QED) is 0.908. The maximum Gasteiger partial charge on any atom is 0.251 e. The first-order chi connectivity index (χ1) is 8.19. The van der Waals surface area contributed by atoms with Crippen LogP contribution in [0.5, 0.6) is 0 Å². The lowest BCUT2D eigenvalue weighted by Crippen LogP contribution is -2.12. The summed E-state index contributed by atoms with van der Waals surface area (Å²) in [7, 11) is 0. The van der Waals surface area contributed by atoms with E-state index >= 15 is 0 Å². The number of aromatic amines is 1. The summed E-state index contributed by atoms with van der Waals surface area (Å²) in [5.41, 5.74) is 1.65. The van der Waals surface area contributed by atoms with Crippen molar-refractivity contribution >= 4 is 11.6 Å². The third-order valence-electron chi connectivity index (χ3n) is 2.52. The van der Waals surface area contributed by atoms with Crippen LogP contribution in [0.15, 0.2) is 35.1 Å². The molecule has 0 unspecified atom stereocenters. The molecule has 1 heterocycles. The maximum absolute atomic E-state index is 11.4. The number of aryl methyl sites for hydroxylation is 1. The average molecular weight is 249 g/mol. The molecule has 0 amide bonds. The van der Waals surface area contributed by atoms with Crippen LogP contribution in [0, 0.1) is 0 Å². The molecule has 0 spiro atoms. The van der Waals surface area contributed by atoms with Gasteiger partial charge in [0.1, 0.15) is 5.82 Å². The van der Waals surface area contributed by atoms with Crippen LogP contribution in [0.2, 0.25) is 5.02 Å². The number of halogens is 1. The fourth-order valence-corrected chi connectivity index (χ4v) is 1.85. The highest BCUT2D eigenvalue weighted by atomic mass is 35.5. The second kappa shape index (κ2) is 5.15. The highest BCUT2D eigenvalue weighted by Crippen LogP contribution is 2.17. The van der Waals surface area contributed by atoms with Crippen molar-refractivity contribution in [2.75, 3.05) is 0 Å². The van der Waals surface area contributed by atoms with Crippen molar-refractivity contribution in [3.8, 4) is 0 Å². The van der Waals surface area contributed by atoms with Gasteiger partial charge in [0.25, 0.3) is 5.56 Å². The normalized spacial score (nSPS) is 10.5. The van der Waals surface area contributed by atoms with Gasteiger partial charge in [0.2, 0.25) is 0 Å². The van der Waals surface area contributed by atoms with E-state index in [0.29, 0.717) is 17.3 Å². The molecule has 88 valence electrons. The van der Waals surface area contributed by atoms with Crippen molar-refractivity contribution in [2.45, 2.75) is 19.8 Å². The molecule has 0 bridgehead atoms. The largest absolute Gasteiger partial charge is 0.310 e. The first-order valence-corrected chi connectivity index (χ1v) is 5.89. The Morgan fingerprint density at radius 1 is 1.35 bits per heavy atom. The van der Waals surface area contributed by atoms with Gasteiger partial charge in [0.05, 0.1) is 0 Å². The second-order valence-corrected chi connectivity index (χ2v) is 4.21. The van der Waals surface area contributed by atoms with Gasteiger partial charge >= 0.3 is 0 Å². The first-order valence-electron chi connectivity index (χ1n) is 5.51. The summed E-state index contributed by atoms with van der Waals surface area (Å²) in [4.78, 5) is 18.5. The topological polar surface area (TPSA) is 45.8 Å². The van der Waals surface area contributed by atoms with Gasteiger partial charge in [-0.15, -0.1) is 0 Å². The van der Waals surface area contributed by atoms with Crippen LogP contribution in [0.1, 0.15) is 24.0 Å². The molecule has 1 N–H and O–H groups in total. The minimum Gasteiger partial charge on any atom is -0.310 e. The predicted molar refractivity (Wildman–Crippen MR) is 68.5 cm³/mol. The first kappa shape index (κ1) is 11.9. The Balaban J connectivity index is 2.33. The molecule has 0 aliphatic rings. The molecule has 0 aliphatic heterocycles. The second-order valence-electron chi connectivity index (χ2n) is 3.81. The van der Waals surface area contributed by atoms with Crippen molar-refractivity contribution in [1.82, 2.24) is 9.97 Å².